The molecule has 88 valence electrons. The number of rotatable bonds is 1. The molecule has 1 aliphatic heterocycles. The highest BCUT2D eigenvalue weighted by Crippen LogP contribution is 2.53. The van der Waals surface area contributed by atoms with Gasteiger partial charge >= 0.3 is 0 Å². The number of ether oxygens (including phenoxy) is 2. The summed E-state index contributed by atoms with van der Waals surface area (Å²) in [4.78, 5) is 0. The van der Waals surface area contributed by atoms with Gasteiger partial charge in [-0.25, -0.2) is 0 Å². The number of aliphatic hydroxyl groups is 1. The van der Waals surface area contributed by atoms with Gasteiger partial charge in [0.1, 0.15) is 0 Å². The molecule has 4 atom stereocenters. The second-order valence-corrected chi connectivity index (χ2v) is 6.00. The van der Waals surface area contributed by atoms with Crippen LogP contribution in [0.15, 0.2) is 0 Å². The third-order valence-electron chi connectivity index (χ3n) is 3.86. The average molecular weight is 214 g/mol. The van der Waals surface area contributed by atoms with Crippen molar-refractivity contribution in [2.24, 2.45) is 11.3 Å². The Morgan fingerprint density at radius 2 is 2.00 bits per heavy atom. The van der Waals surface area contributed by atoms with E-state index in [-0.39, 0.29) is 23.2 Å². The van der Waals surface area contributed by atoms with Crippen molar-refractivity contribution in [3.8, 4) is 0 Å². The van der Waals surface area contributed by atoms with Gasteiger partial charge in [-0.1, -0.05) is 20.8 Å². The van der Waals surface area contributed by atoms with Crippen molar-refractivity contribution < 1.29 is 14.6 Å². The minimum atomic E-state index is -0.339. The molecule has 1 spiro atoms. The fourth-order valence-corrected chi connectivity index (χ4v) is 3.23. The second-order valence-electron chi connectivity index (χ2n) is 6.00. The highest BCUT2D eigenvalue weighted by molar-refractivity contribution is 5.10. The van der Waals surface area contributed by atoms with Crippen molar-refractivity contribution >= 4 is 0 Å². The monoisotopic (exact) mass is 214 g/mol. The SMILES string of the molecule is CO[C@@H]1[C@H](O)CC[C@]2(CO2)[C@H]1C(C)(C)C. The van der Waals surface area contributed by atoms with E-state index in [0.717, 1.165) is 19.4 Å². The molecule has 0 radical (unpaired) electrons. The molecule has 2 rings (SSSR count). The first-order valence-corrected chi connectivity index (χ1v) is 5.75. The highest BCUT2D eigenvalue weighted by Gasteiger charge is 2.61. The minimum Gasteiger partial charge on any atom is -0.390 e. The summed E-state index contributed by atoms with van der Waals surface area (Å²) in [5.74, 6) is 0.291. The Labute approximate surface area is 91.8 Å². The predicted octanol–water partition coefficient (Wildman–Crippen LogP) is 1.59. The van der Waals surface area contributed by atoms with Crippen LogP contribution in [0, 0.1) is 11.3 Å². The summed E-state index contributed by atoms with van der Waals surface area (Å²) in [7, 11) is 1.69. The predicted molar refractivity (Wildman–Crippen MR) is 57.7 cm³/mol. The van der Waals surface area contributed by atoms with Crippen LogP contribution in [-0.4, -0.2) is 36.6 Å². The maximum atomic E-state index is 9.98. The van der Waals surface area contributed by atoms with E-state index < -0.39 is 0 Å². The van der Waals surface area contributed by atoms with Crippen molar-refractivity contribution in [2.45, 2.75) is 51.4 Å². The third-order valence-corrected chi connectivity index (χ3v) is 3.86. The number of hydrogen-bond donors (Lipinski definition) is 1. The molecule has 0 aromatic rings. The molecule has 1 saturated carbocycles. The van der Waals surface area contributed by atoms with Gasteiger partial charge < -0.3 is 14.6 Å². The van der Waals surface area contributed by atoms with E-state index in [2.05, 4.69) is 20.8 Å². The van der Waals surface area contributed by atoms with E-state index in [0.29, 0.717) is 5.92 Å². The third kappa shape index (κ3) is 1.81. The van der Waals surface area contributed by atoms with Crippen LogP contribution in [0.1, 0.15) is 33.6 Å². The van der Waals surface area contributed by atoms with Crippen LogP contribution >= 0.6 is 0 Å². The van der Waals surface area contributed by atoms with E-state index in [1.54, 1.807) is 7.11 Å². The lowest BCUT2D eigenvalue weighted by molar-refractivity contribution is -0.127. The molecule has 2 aliphatic rings. The van der Waals surface area contributed by atoms with Gasteiger partial charge in [-0.2, -0.15) is 0 Å². The Kier molecular flexibility index (Phi) is 2.61. The lowest BCUT2D eigenvalue weighted by Crippen LogP contribution is -2.53. The summed E-state index contributed by atoms with van der Waals surface area (Å²) in [5, 5.41) is 9.98. The number of aliphatic hydroxyl groups excluding tert-OH is 1. The van der Waals surface area contributed by atoms with E-state index in [1.165, 1.54) is 0 Å². The van der Waals surface area contributed by atoms with Gasteiger partial charge in [0.15, 0.2) is 0 Å². The first kappa shape index (κ1) is 11.4. The summed E-state index contributed by atoms with van der Waals surface area (Å²) in [6, 6.07) is 0. The summed E-state index contributed by atoms with van der Waals surface area (Å²) < 4.78 is 11.2. The smallest absolute Gasteiger partial charge is 0.0976 e. The Balaban J connectivity index is 2.26. The minimum absolute atomic E-state index is 0.00183. The molecule has 1 aliphatic carbocycles. The van der Waals surface area contributed by atoms with Gasteiger partial charge in [0.2, 0.25) is 0 Å². The van der Waals surface area contributed by atoms with Gasteiger partial charge in [-0.15, -0.1) is 0 Å². The molecule has 3 heteroatoms. The molecular formula is C12H22O3. The summed E-state index contributed by atoms with van der Waals surface area (Å²) in [6.07, 6.45) is 1.34. The van der Waals surface area contributed by atoms with Crippen molar-refractivity contribution in [2.75, 3.05) is 13.7 Å². The van der Waals surface area contributed by atoms with Gasteiger partial charge in [0.05, 0.1) is 24.4 Å². The summed E-state index contributed by atoms with van der Waals surface area (Å²) in [5.41, 5.74) is 0.108. The molecule has 0 amide bonds. The van der Waals surface area contributed by atoms with Crippen LogP contribution < -0.4 is 0 Å². The lowest BCUT2D eigenvalue weighted by Gasteiger charge is -2.45. The Morgan fingerprint density at radius 3 is 2.40 bits per heavy atom. The normalized spacial score (nSPS) is 45.8. The average Bonchev–Trinajstić information content (AvgIpc) is 2.88. The molecule has 0 aromatic heterocycles. The first-order valence-electron chi connectivity index (χ1n) is 5.75. The molecule has 2 fully saturated rings. The Hall–Kier alpha value is -0.120. The van der Waals surface area contributed by atoms with Crippen molar-refractivity contribution in [1.82, 2.24) is 0 Å². The maximum absolute atomic E-state index is 9.98. The number of hydrogen-bond acceptors (Lipinski definition) is 3. The largest absolute Gasteiger partial charge is 0.390 e. The molecule has 3 nitrogen and oxygen atoms in total. The second kappa shape index (κ2) is 3.44. The van der Waals surface area contributed by atoms with Gasteiger partial charge in [0.25, 0.3) is 0 Å². The maximum Gasteiger partial charge on any atom is 0.0976 e. The van der Waals surface area contributed by atoms with Crippen LogP contribution in [0.4, 0.5) is 0 Å². The molecule has 15 heavy (non-hydrogen) atoms. The first-order chi connectivity index (χ1) is 6.91. The number of methoxy groups -OCH3 is 1. The molecular weight excluding hydrogens is 192 g/mol. The fraction of sp³-hybridized carbons (Fsp3) is 1.00. The van der Waals surface area contributed by atoms with Gasteiger partial charge in [-0.05, 0) is 18.3 Å². The van der Waals surface area contributed by atoms with E-state index in [4.69, 9.17) is 9.47 Å². The molecule has 1 N–H and O–H groups in total. The Morgan fingerprint density at radius 1 is 1.40 bits per heavy atom. The van der Waals surface area contributed by atoms with Crippen LogP contribution in [0.3, 0.4) is 0 Å². The Bertz CT molecular complexity index is 240. The molecule has 0 aromatic carbocycles. The number of epoxide rings is 1. The van der Waals surface area contributed by atoms with Crippen LogP contribution in [0.2, 0.25) is 0 Å². The molecule has 1 saturated heterocycles. The zero-order chi connectivity index (χ0) is 11.3. The van der Waals surface area contributed by atoms with Crippen molar-refractivity contribution in [3.63, 3.8) is 0 Å². The molecule has 0 bridgehead atoms. The van der Waals surface area contributed by atoms with Crippen molar-refractivity contribution in [1.29, 1.82) is 0 Å². The standard InChI is InChI=1S/C12H22O3/c1-11(2,3)10-9(14-4)8(13)5-6-12(10)7-15-12/h8-10,13H,5-7H2,1-4H3/t8-,9-,10-,12+/m1/s1. The van der Waals surface area contributed by atoms with E-state index >= 15 is 0 Å². The lowest BCUT2D eigenvalue weighted by atomic mass is 9.64. The molecule has 0 unspecified atom stereocenters. The summed E-state index contributed by atoms with van der Waals surface area (Å²) in [6.45, 7) is 7.43. The topological polar surface area (TPSA) is 42.0 Å². The zero-order valence-electron chi connectivity index (χ0n) is 10.1. The quantitative estimate of drug-likeness (QED) is 0.674. The van der Waals surface area contributed by atoms with Crippen LogP contribution in [-0.2, 0) is 9.47 Å². The summed E-state index contributed by atoms with van der Waals surface area (Å²) >= 11 is 0. The molecule has 1 heterocycles. The fourth-order valence-electron chi connectivity index (χ4n) is 3.23. The zero-order valence-corrected chi connectivity index (χ0v) is 10.1. The highest BCUT2D eigenvalue weighted by atomic mass is 16.6. The van der Waals surface area contributed by atoms with Gasteiger partial charge in [-0.3, -0.25) is 0 Å². The van der Waals surface area contributed by atoms with Crippen molar-refractivity contribution in [3.05, 3.63) is 0 Å². The van der Waals surface area contributed by atoms with Crippen LogP contribution in [0.25, 0.3) is 0 Å². The van der Waals surface area contributed by atoms with E-state index in [1.807, 2.05) is 0 Å². The van der Waals surface area contributed by atoms with Crippen LogP contribution in [0.5, 0.6) is 0 Å². The van der Waals surface area contributed by atoms with Gasteiger partial charge in [0, 0.05) is 13.0 Å². The van der Waals surface area contributed by atoms with E-state index in [9.17, 15) is 5.11 Å².